The second-order valence-corrected chi connectivity index (χ2v) is 10.5. The zero-order valence-corrected chi connectivity index (χ0v) is 23.9. The summed E-state index contributed by atoms with van der Waals surface area (Å²) in [6, 6.07) is -6.45. The fourth-order valence-electron chi connectivity index (χ4n) is 3.76. The molecule has 0 spiro atoms. The Balaban J connectivity index is 3.45. The van der Waals surface area contributed by atoms with E-state index in [0.717, 1.165) is 0 Å². The number of carbonyl (C=O) groups is 7. The van der Waals surface area contributed by atoms with Gasteiger partial charge in [-0.25, -0.2) is 0 Å². The number of nitrogens with one attached hydrogen (secondary N) is 6. The van der Waals surface area contributed by atoms with Gasteiger partial charge in [-0.1, -0.05) is 27.7 Å². The van der Waals surface area contributed by atoms with Crippen LogP contribution in [0.25, 0.3) is 0 Å². The zero-order valence-electron chi connectivity index (χ0n) is 23.0. The molecule has 16 heteroatoms. The van der Waals surface area contributed by atoms with Crippen LogP contribution in [0.5, 0.6) is 0 Å². The fourth-order valence-corrected chi connectivity index (χ4v) is 4.01. The number of rotatable bonds is 8. The first-order valence-corrected chi connectivity index (χ1v) is 13.5. The third-order valence-corrected chi connectivity index (χ3v) is 6.31. The van der Waals surface area contributed by atoms with Crippen molar-refractivity contribution in [1.29, 1.82) is 0 Å². The van der Waals surface area contributed by atoms with Crippen molar-refractivity contribution in [3.8, 4) is 0 Å². The van der Waals surface area contributed by atoms with Gasteiger partial charge in [0.05, 0.1) is 13.2 Å². The van der Waals surface area contributed by atoms with Gasteiger partial charge < -0.3 is 42.1 Å². The SMILES string of the molecule is CC(C)C[C@@H]1NC(=O)[C@H](C(C)C)NC(=O)CNC(=O)[C@H](CO)NC(=O)[C@H](CS)NC(=O)[C@H](CCC(=O)O)NC1=O. The van der Waals surface area contributed by atoms with Crippen molar-refractivity contribution in [2.24, 2.45) is 11.8 Å². The third-order valence-electron chi connectivity index (χ3n) is 5.94. The van der Waals surface area contributed by atoms with Crippen molar-refractivity contribution in [2.45, 2.75) is 77.2 Å². The van der Waals surface area contributed by atoms with E-state index in [1.54, 1.807) is 27.7 Å². The van der Waals surface area contributed by atoms with Gasteiger partial charge in [0, 0.05) is 12.2 Å². The minimum absolute atomic E-state index is 0.0840. The van der Waals surface area contributed by atoms with E-state index in [1.807, 2.05) is 0 Å². The molecule has 1 saturated heterocycles. The molecule has 8 N–H and O–H groups in total. The highest BCUT2D eigenvalue weighted by Gasteiger charge is 2.33. The molecule has 0 unspecified atom stereocenters. The molecule has 5 atom stereocenters. The van der Waals surface area contributed by atoms with Crippen LogP contribution in [0.1, 0.15) is 47.0 Å². The second kappa shape index (κ2) is 16.6. The monoisotopic (exact) mass is 588 g/mol. The Labute approximate surface area is 237 Å². The van der Waals surface area contributed by atoms with Crippen LogP contribution in [0.3, 0.4) is 0 Å². The summed E-state index contributed by atoms with van der Waals surface area (Å²) in [4.78, 5) is 88.4. The predicted octanol–water partition coefficient (Wildman–Crippen LogP) is -2.97. The molecule has 0 aliphatic carbocycles. The quantitative estimate of drug-likeness (QED) is 0.132. The van der Waals surface area contributed by atoms with Gasteiger partial charge in [-0.3, -0.25) is 33.6 Å². The molecule has 0 saturated carbocycles. The molecule has 1 aliphatic heterocycles. The molecule has 40 heavy (non-hydrogen) atoms. The summed E-state index contributed by atoms with van der Waals surface area (Å²) in [5, 5.41) is 33.2. The first-order chi connectivity index (χ1) is 18.7. The molecule has 1 fully saturated rings. The van der Waals surface area contributed by atoms with Gasteiger partial charge in [0.2, 0.25) is 35.4 Å². The first kappa shape index (κ1) is 34.6. The van der Waals surface area contributed by atoms with E-state index in [4.69, 9.17) is 5.11 Å². The van der Waals surface area contributed by atoms with Crippen LogP contribution in [0.4, 0.5) is 0 Å². The summed E-state index contributed by atoms with van der Waals surface area (Å²) >= 11 is 4.04. The van der Waals surface area contributed by atoms with Crippen LogP contribution >= 0.6 is 12.6 Å². The van der Waals surface area contributed by atoms with Crippen molar-refractivity contribution in [3.05, 3.63) is 0 Å². The topological polar surface area (TPSA) is 232 Å². The average Bonchev–Trinajstić information content (AvgIpc) is 2.87. The molecule has 0 aromatic rings. The summed E-state index contributed by atoms with van der Waals surface area (Å²) in [6.45, 7) is 5.52. The Bertz CT molecular complexity index is 961. The number of aliphatic hydroxyl groups excluding tert-OH is 1. The molecular weight excluding hydrogens is 548 g/mol. The minimum Gasteiger partial charge on any atom is -0.481 e. The maximum absolute atomic E-state index is 13.3. The van der Waals surface area contributed by atoms with Crippen LogP contribution in [0.2, 0.25) is 0 Å². The van der Waals surface area contributed by atoms with E-state index in [1.165, 1.54) is 0 Å². The number of amides is 6. The van der Waals surface area contributed by atoms with Crippen LogP contribution in [0.15, 0.2) is 0 Å². The highest BCUT2D eigenvalue weighted by Crippen LogP contribution is 2.10. The number of carboxylic acid groups (broad SMARTS) is 1. The van der Waals surface area contributed by atoms with Gasteiger partial charge in [-0.05, 0) is 24.7 Å². The maximum Gasteiger partial charge on any atom is 0.303 e. The highest BCUT2D eigenvalue weighted by atomic mass is 32.1. The van der Waals surface area contributed by atoms with Crippen molar-refractivity contribution in [2.75, 3.05) is 18.9 Å². The smallest absolute Gasteiger partial charge is 0.303 e. The van der Waals surface area contributed by atoms with Gasteiger partial charge in [0.1, 0.15) is 30.2 Å². The lowest BCUT2D eigenvalue weighted by molar-refractivity contribution is -0.138. The Morgan fingerprint density at radius 1 is 0.800 bits per heavy atom. The molecule has 0 aromatic carbocycles. The number of thiol groups is 1. The fraction of sp³-hybridized carbons (Fsp3) is 0.708. The Kier molecular flexibility index (Phi) is 14.4. The summed E-state index contributed by atoms with van der Waals surface area (Å²) in [5.74, 6) is -6.85. The standard InChI is InChI=1S/C24H40N6O9S/c1-11(2)7-14-22(37)26-13(5-6-18(33)34)21(36)29-16(10-40)23(38)28-15(9-31)20(35)25-8-17(32)30-19(12(3)4)24(39)27-14/h11-16,19,31,40H,5-10H2,1-4H3,(H,25,35)(H,26,37)(H,27,39)(H,28,38)(H,29,36)(H,30,32)(H,33,34)/t13-,14-,15-,16-,19-/m0/s1. The summed E-state index contributed by atoms with van der Waals surface area (Å²) in [7, 11) is 0. The van der Waals surface area contributed by atoms with Crippen LogP contribution in [-0.4, -0.2) is 101 Å². The van der Waals surface area contributed by atoms with Gasteiger partial charge in [-0.15, -0.1) is 0 Å². The first-order valence-electron chi connectivity index (χ1n) is 12.9. The number of hydrogen-bond donors (Lipinski definition) is 9. The number of carbonyl (C=O) groups excluding carboxylic acids is 6. The zero-order chi connectivity index (χ0) is 30.6. The van der Waals surface area contributed by atoms with Crippen molar-refractivity contribution < 1.29 is 43.8 Å². The molecule has 15 nitrogen and oxygen atoms in total. The average molecular weight is 589 g/mol. The number of carboxylic acids is 1. The molecule has 0 radical (unpaired) electrons. The van der Waals surface area contributed by atoms with Gasteiger partial charge >= 0.3 is 5.97 Å². The van der Waals surface area contributed by atoms with Crippen LogP contribution < -0.4 is 31.9 Å². The van der Waals surface area contributed by atoms with Crippen molar-refractivity contribution in [1.82, 2.24) is 31.9 Å². The Hall–Kier alpha value is -3.40. The number of aliphatic carboxylic acids is 1. The van der Waals surface area contributed by atoms with Crippen molar-refractivity contribution >= 4 is 54.0 Å². The normalized spacial score (nSPS) is 26.1. The molecule has 6 amide bonds. The molecule has 0 aromatic heterocycles. The number of hydrogen-bond acceptors (Lipinski definition) is 9. The van der Waals surface area contributed by atoms with E-state index in [9.17, 15) is 38.7 Å². The Morgan fingerprint density at radius 2 is 1.32 bits per heavy atom. The molecule has 226 valence electrons. The molecule has 1 aliphatic rings. The van der Waals surface area contributed by atoms with Crippen molar-refractivity contribution in [3.63, 3.8) is 0 Å². The summed E-state index contributed by atoms with van der Waals surface area (Å²) in [6.07, 6.45) is -0.669. The largest absolute Gasteiger partial charge is 0.481 e. The molecule has 1 rings (SSSR count). The number of aliphatic hydroxyl groups is 1. The van der Waals surface area contributed by atoms with Crippen LogP contribution in [0, 0.1) is 11.8 Å². The van der Waals surface area contributed by atoms with Gasteiger partial charge in [-0.2, -0.15) is 12.6 Å². The predicted molar refractivity (Wildman–Crippen MR) is 145 cm³/mol. The second-order valence-electron chi connectivity index (χ2n) is 10.2. The lowest BCUT2D eigenvalue weighted by atomic mass is 9.99. The summed E-state index contributed by atoms with van der Waals surface area (Å²) in [5.41, 5.74) is 0. The molecule has 0 bridgehead atoms. The van der Waals surface area contributed by atoms with Gasteiger partial charge in [0.15, 0.2) is 0 Å². The minimum atomic E-state index is -1.48. The Morgan fingerprint density at radius 3 is 1.85 bits per heavy atom. The van der Waals surface area contributed by atoms with E-state index in [2.05, 4.69) is 44.5 Å². The third kappa shape index (κ3) is 11.4. The van der Waals surface area contributed by atoms with Gasteiger partial charge in [0.25, 0.3) is 0 Å². The lowest BCUT2D eigenvalue weighted by Gasteiger charge is -2.28. The summed E-state index contributed by atoms with van der Waals surface area (Å²) < 4.78 is 0. The maximum atomic E-state index is 13.3. The highest BCUT2D eigenvalue weighted by molar-refractivity contribution is 7.80. The van der Waals surface area contributed by atoms with E-state index < -0.39 is 97.1 Å². The molecular formula is C24H40N6O9S. The lowest BCUT2D eigenvalue weighted by Crippen LogP contribution is -2.61. The van der Waals surface area contributed by atoms with E-state index in [0.29, 0.717) is 0 Å². The van der Waals surface area contributed by atoms with E-state index in [-0.39, 0.29) is 24.5 Å². The molecule has 1 heterocycles. The van der Waals surface area contributed by atoms with Crippen LogP contribution in [-0.2, 0) is 33.6 Å². The van der Waals surface area contributed by atoms with E-state index >= 15 is 0 Å².